The standard InChI is InChI=1S/C33H32FN3O7/c1-21-19-33(31(39)40,32(41)42)14-15-37(21,16-17-43-22(2)38)20-23-8-10-25(11-9-23)29-35-30(44-36-29)26-12-13-27(28(34)18-26)24-6-4-3-5-7-24/h3-13,18,21H,14-17,19-20H2,1-2H3,(H-,39,40,41,42)/p+1. The van der Waals surface area contributed by atoms with Crippen LogP contribution in [0.1, 0.15) is 32.3 Å². The number of piperidine rings is 1. The summed E-state index contributed by atoms with van der Waals surface area (Å²) >= 11 is 0. The van der Waals surface area contributed by atoms with Crippen LogP contribution >= 0.6 is 0 Å². The van der Waals surface area contributed by atoms with Gasteiger partial charge in [0.1, 0.15) is 25.5 Å². The monoisotopic (exact) mass is 602 g/mol. The number of halogens is 1. The van der Waals surface area contributed by atoms with Gasteiger partial charge in [0.2, 0.25) is 5.82 Å². The number of nitrogens with zero attached hydrogens (tertiary/aromatic N) is 3. The summed E-state index contributed by atoms with van der Waals surface area (Å²) in [5.74, 6) is -2.99. The predicted molar refractivity (Wildman–Crippen MR) is 157 cm³/mol. The topological polar surface area (TPSA) is 140 Å². The van der Waals surface area contributed by atoms with Gasteiger partial charge >= 0.3 is 17.9 Å². The minimum absolute atomic E-state index is 0.0429. The third kappa shape index (κ3) is 6.09. The number of hydrogen-bond donors (Lipinski definition) is 2. The number of ether oxygens (including phenoxy) is 1. The van der Waals surface area contributed by atoms with E-state index in [1.165, 1.54) is 13.0 Å². The fourth-order valence-electron chi connectivity index (χ4n) is 6.01. The Bertz CT molecular complexity index is 1660. The van der Waals surface area contributed by atoms with Crippen molar-refractivity contribution < 1.29 is 42.7 Å². The van der Waals surface area contributed by atoms with Crippen molar-refractivity contribution in [2.75, 3.05) is 19.7 Å². The lowest BCUT2D eigenvalue weighted by molar-refractivity contribution is -0.968. The smallest absolute Gasteiger partial charge is 0.321 e. The Hall–Kier alpha value is -4.90. The summed E-state index contributed by atoms with van der Waals surface area (Å²) in [5, 5.41) is 23.6. The Kier molecular flexibility index (Phi) is 8.59. The van der Waals surface area contributed by atoms with E-state index in [9.17, 15) is 29.0 Å². The van der Waals surface area contributed by atoms with Gasteiger partial charge in [-0.2, -0.15) is 4.98 Å². The van der Waals surface area contributed by atoms with Gasteiger partial charge in [0, 0.05) is 42.0 Å². The number of aromatic nitrogens is 2. The van der Waals surface area contributed by atoms with Crippen molar-refractivity contribution in [2.45, 2.75) is 39.3 Å². The zero-order chi connectivity index (χ0) is 31.5. The first-order valence-corrected chi connectivity index (χ1v) is 14.3. The molecule has 2 N–H and O–H groups in total. The molecule has 1 fully saturated rings. The highest BCUT2D eigenvalue weighted by atomic mass is 19.1. The molecule has 1 saturated heterocycles. The third-order valence-electron chi connectivity index (χ3n) is 8.66. The number of carbonyl (C=O) groups excluding carboxylic acids is 1. The van der Waals surface area contributed by atoms with Crippen LogP contribution in [-0.2, 0) is 25.7 Å². The molecule has 1 aliphatic heterocycles. The highest BCUT2D eigenvalue weighted by Crippen LogP contribution is 2.41. The van der Waals surface area contributed by atoms with E-state index in [4.69, 9.17) is 9.26 Å². The predicted octanol–water partition coefficient (Wildman–Crippen LogP) is 5.43. The molecule has 4 aromatic rings. The first kappa shape index (κ1) is 30.6. The number of rotatable bonds is 10. The van der Waals surface area contributed by atoms with Gasteiger partial charge in [0.15, 0.2) is 5.41 Å². The Morgan fingerprint density at radius 2 is 1.68 bits per heavy atom. The maximum absolute atomic E-state index is 14.9. The molecule has 44 heavy (non-hydrogen) atoms. The van der Waals surface area contributed by atoms with E-state index in [0.717, 1.165) is 11.1 Å². The summed E-state index contributed by atoms with van der Waals surface area (Å²) < 4.78 is 25.9. The van der Waals surface area contributed by atoms with E-state index in [1.807, 2.05) is 61.5 Å². The van der Waals surface area contributed by atoms with Gasteiger partial charge in [-0.25, -0.2) is 4.39 Å². The van der Waals surface area contributed by atoms with Crippen LogP contribution in [0.2, 0.25) is 0 Å². The number of likely N-dealkylation sites (tertiary alicyclic amines) is 1. The lowest BCUT2D eigenvalue weighted by atomic mass is 9.74. The minimum Gasteiger partial charge on any atom is -0.480 e. The second-order valence-electron chi connectivity index (χ2n) is 11.3. The fourth-order valence-corrected chi connectivity index (χ4v) is 6.01. The maximum Gasteiger partial charge on any atom is 0.321 e. The first-order valence-electron chi connectivity index (χ1n) is 14.3. The first-order chi connectivity index (χ1) is 21.0. The number of quaternary nitrogens is 1. The molecule has 2 heterocycles. The Labute approximate surface area is 253 Å². The summed E-state index contributed by atoms with van der Waals surface area (Å²) in [4.78, 5) is 39.9. The molecule has 1 aromatic heterocycles. The number of benzene rings is 3. The second-order valence-corrected chi connectivity index (χ2v) is 11.3. The van der Waals surface area contributed by atoms with Crippen molar-refractivity contribution in [3.8, 4) is 34.0 Å². The Morgan fingerprint density at radius 1 is 1.00 bits per heavy atom. The summed E-state index contributed by atoms with van der Waals surface area (Å²) in [6.07, 6.45) is -0.0902. The van der Waals surface area contributed by atoms with Gasteiger partial charge < -0.3 is 24.0 Å². The Morgan fingerprint density at radius 3 is 2.30 bits per heavy atom. The van der Waals surface area contributed by atoms with E-state index in [2.05, 4.69) is 10.1 Å². The fraction of sp³-hybridized carbons (Fsp3) is 0.303. The molecule has 0 saturated carbocycles. The number of aliphatic carboxylic acids is 2. The lowest BCUT2D eigenvalue weighted by Gasteiger charge is -2.50. The zero-order valence-electron chi connectivity index (χ0n) is 24.4. The number of esters is 1. The van der Waals surface area contributed by atoms with E-state index >= 15 is 0 Å². The largest absolute Gasteiger partial charge is 0.480 e. The van der Waals surface area contributed by atoms with Crippen LogP contribution in [0.4, 0.5) is 4.39 Å². The van der Waals surface area contributed by atoms with Crippen LogP contribution in [-0.4, -0.2) is 68.5 Å². The van der Waals surface area contributed by atoms with Crippen molar-refractivity contribution >= 4 is 17.9 Å². The van der Waals surface area contributed by atoms with Gasteiger partial charge in [-0.3, -0.25) is 14.4 Å². The molecule has 10 nitrogen and oxygen atoms in total. The number of hydrogen-bond acceptors (Lipinski definition) is 7. The van der Waals surface area contributed by atoms with Gasteiger partial charge in [0.25, 0.3) is 5.89 Å². The summed E-state index contributed by atoms with van der Waals surface area (Å²) in [6.45, 7) is 4.47. The van der Waals surface area contributed by atoms with Crippen molar-refractivity contribution in [1.29, 1.82) is 0 Å². The third-order valence-corrected chi connectivity index (χ3v) is 8.66. The molecular weight excluding hydrogens is 569 g/mol. The normalized spacial score (nSPS) is 19.3. The SMILES string of the molecule is CC(=O)OCC[N+]1(Cc2ccc(-c3noc(-c4ccc(-c5ccccc5)c(F)c4)n3)cc2)CCC(C(=O)O)(C(=O)O)CC1C. The highest BCUT2D eigenvalue weighted by Gasteiger charge is 2.56. The van der Waals surface area contributed by atoms with E-state index < -0.39 is 29.1 Å². The molecule has 228 valence electrons. The second kappa shape index (κ2) is 12.4. The molecular formula is C33H33FN3O7+. The number of carboxylic acids is 2. The highest BCUT2D eigenvalue weighted by molar-refractivity contribution is 5.98. The molecule has 0 amide bonds. The van der Waals surface area contributed by atoms with Crippen molar-refractivity contribution in [1.82, 2.24) is 10.1 Å². The maximum atomic E-state index is 14.9. The van der Waals surface area contributed by atoms with Crippen LogP contribution in [0, 0.1) is 11.2 Å². The molecule has 0 spiro atoms. The molecule has 2 atom stereocenters. The number of carbonyl (C=O) groups is 3. The van der Waals surface area contributed by atoms with E-state index in [1.54, 1.807) is 12.1 Å². The molecule has 11 heteroatoms. The molecule has 2 unspecified atom stereocenters. The summed E-state index contributed by atoms with van der Waals surface area (Å²) in [5.41, 5.74) is 1.43. The van der Waals surface area contributed by atoms with E-state index in [-0.39, 0.29) is 37.9 Å². The molecule has 0 bridgehead atoms. The van der Waals surface area contributed by atoms with Crippen molar-refractivity contribution in [3.63, 3.8) is 0 Å². The zero-order valence-corrected chi connectivity index (χ0v) is 24.4. The number of carboxylic acid groups (broad SMARTS) is 2. The summed E-state index contributed by atoms with van der Waals surface area (Å²) in [6, 6.07) is 21.1. The molecule has 1 aliphatic rings. The van der Waals surface area contributed by atoms with Gasteiger partial charge in [-0.15, -0.1) is 0 Å². The average Bonchev–Trinajstić information content (AvgIpc) is 3.49. The van der Waals surface area contributed by atoms with Gasteiger partial charge in [0.05, 0.1) is 12.6 Å². The minimum atomic E-state index is -1.85. The lowest BCUT2D eigenvalue weighted by Crippen LogP contribution is -2.63. The van der Waals surface area contributed by atoms with Crippen LogP contribution in [0.3, 0.4) is 0 Å². The molecule has 0 aliphatic carbocycles. The van der Waals surface area contributed by atoms with E-state index in [0.29, 0.717) is 40.1 Å². The summed E-state index contributed by atoms with van der Waals surface area (Å²) in [7, 11) is 0. The molecule has 3 aromatic carbocycles. The van der Waals surface area contributed by atoms with Crippen LogP contribution < -0.4 is 0 Å². The van der Waals surface area contributed by atoms with Crippen LogP contribution in [0.15, 0.2) is 77.3 Å². The van der Waals surface area contributed by atoms with Crippen molar-refractivity contribution in [2.24, 2.45) is 5.41 Å². The quantitative estimate of drug-likeness (QED) is 0.138. The molecule has 5 rings (SSSR count). The van der Waals surface area contributed by atoms with Crippen LogP contribution in [0.25, 0.3) is 34.0 Å². The molecule has 0 radical (unpaired) electrons. The van der Waals surface area contributed by atoms with Gasteiger partial charge in [-0.1, -0.05) is 65.8 Å². The van der Waals surface area contributed by atoms with Gasteiger partial charge in [-0.05, 0) is 24.6 Å². The Balaban J connectivity index is 1.34. The van der Waals surface area contributed by atoms with Crippen LogP contribution in [0.5, 0.6) is 0 Å². The average molecular weight is 603 g/mol. The van der Waals surface area contributed by atoms with Crippen molar-refractivity contribution in [3.05, 3.63) is 84.2 Å².